The Bertz CT molecular complexity index is 458. The minimum Gasteiger partial charge on any atom is -0.358 e. The monoisotopic (exact) mass is 260 g/mol. The van der Waals surface area contributed by atoms with Crippen LogP contribution < -0.4 is 0 Å². The van der Waals surface area contributed by atoms with Crippen LogP contribution in [-0.4, -0.2) is 9.91 Å². The van der Waals surface area contributed by atoms with E-state index in [1.54, 1.807) is 0 Å². The summed E-state index contributed by atoms with van der Waals surface area (Å²) in [6.07, 6.45) is -9.17. The lowest BCUT2D eigenvalue weighted by molar-refractivity contribution is -0.392. The van der Waals surface area contributed by atoms with E-state index < -0.39 is 40.3 Å². The van der Waals surface area contributed by atoms with Crippen molar-refractivity contribution in [3.05, 3.63) is 33.3 Å². The molecule has 0 atom stereocenters. The van der Waals surface area contributed by atoms with Gasteiger partial charge in [-0.05, 0) is 9.91 Å². The number of alkyl halides is 5. The number of pyridine rings is 1. The summed E-state index contributed by atoms with van der Waals surface area (Å²) in [5, 5.41) is 10.1. The van der Waals surface area contributed by atoms with Crippen LogP contribution in [0.15, 0.2) is 6.20 Å². The van der Waals surface area contributed by atoms with Crippen molar-refractivity contribution < 1.29 is 31.3 Å². The average Bonchev–Trinajstić information content (AvgIpc) is 2.14. The maximum atomic E-state index is 13.1. The molecule has 0 spiro atoms. The molecule has 0 amide bonds. The first-order valence-electron chi connectivity index (χ1n) is 3.84. The number of nitrogens with zero attached hydrogens (tertiary/aromatic N) is 2. The van der Waals surface area contributed by atoms with E-state index in [0.717, 1.165) is 0 Å². The normalized spacial score (nSPS) is 11.9. The molecule has 0 saturated carbocycles. The lowest BCUT2D eigenvalue weighted by atomic mass is 10.1. The van der Waals surface area contributed by atoms with Crippen molar-refractivity contribution in [3.63, 3.8) is 0 Å². The summed E-state index contributed by atoms with van der Waals surface area (Å²) < 4.78 is 74.3. The van der Waals surface area contributed by atoms with Crippen LogP contribution in [0.1, 0.15) is 17.6 Å². The highest BCUT2D eigenvalue weighted by Crippen LogP contribution is 2.39. The minimum atomic E-state index is -5.47. The molecule has 0 saturated heterocycles. The van der Waals surface area contributed by atoms with Gasteiger partial charge in [0.15, 0.2) is 0 Å². The van der Waals surface area contributed by atoms with Crippen LogP contribution in [0.25, 0.3) is 0 Å². The van der Waals surface area contributed by atoms with Crippen molar-refractivity contribution in [1.82, 2.24) is 4.98 Å². The first-order valence-corrected chi connectivity index (χ1v) is 3.84. The number of aromatic nitrogens is 1. The Morgan fingerprint density at radius 2 is 1.88 bits per heavy atom. The van der Waals surface area contributed by atoms with Crippen molar-refractivity contribution in [2.75, 3.05) is 0 Å². The SMILES string of the molecule is O=[N+]([O-])c1ncc(C(F)F)c(C(F)(F)F)c1F. The van der Waals surface area contributed by atoms with Gasteiger partial charge in [-0.15, -0.1) is 0 Å². The molecular formula is C7H2F6N2O2. The Morgan fingerprint density at radius 3 is 2.24 bits per heavy atom. The molecule has 0 N–H and O–H groups in total. The molecule has 10 heteroatoms. The Labute approximate surface area is 89.0 Å². The molecule has 0 aromatic carbocycles. The molecular weight excluding hydrogens is 258 g/mol. The van der Waals surface area contributed by atoms with Gasteiger partial charge < -0.3 is 10.1 Å². The molecule has 4 nitrogen and oxygen atoms in total. The summed E-state index contributed by atoms with van der Waals surface area (Å²) in [5.74, 6) is -4.16. The van der Waals surface area contributed by atoms with Crippen molar-refractivity contribution >= 4 is 5.82 Å². The van der Waals surface area contributed by atoms with E-state index in [-0.39, 0.29) is 6.20 Å². The minimum absolute atomic E-state index is 0.0608. The van der Waals surface area contributed by atoms with E-state index in [4.69, 9.17) is 0 Å². The van der Waals surface area contributed by atoms with Gasteiger partial charge in [0.05, 0.1) is 5.56 Å². The first-order chi connectivity index (χ1) is 7.66. The van der Waals surface area contributed by atoms with Crippen LogP contribution in [-0.2, 0) is 6.18 Å². The van der Waals surface area contributed by atoms with E-state index >= 15 is 0 Å². The lowest BCUT2D eigenvalue weighted by Gasteiger charge is -2.11. The Hall–Kier alpha value is -1.87. The van der Waals surface area contributed by atoms with Crippen LogP contribution in [0.2, 0.25) is 0 Å². The topological polar surface area (TPSA) is 56.0 Å². The van der Waals surface area contributed by atoms with Crippen molar-refractivity contribution in [2.24, 2.45) is 0 Å². The zero-order chi connectivity index (χ0) is 13.4. The molecule has 0 radical (unpaired) electrons. The van der Waals surface area contributed by atoms with Gasteiger partial charge in [-0.25, -0.2) is 8.78 Å². The summed E-state index contributed by atoms with van der Waals surface area (Å²) in [5.41, 5.74) is -4.10. The fourth-order valence-electron chi connectivity index (χ4n) is 1.07. The number of hydrogen-bond donors (Lipinski definition) is 0. The van der Waals surface area contributed by atoms with Gasteiger partial charge in [-0.2, -0.15) is 17.6 Å². The second kappa shape index (κ2) is 4.18. The molecule has 94 valence electrons. The lowest BCUT2D eigenvalue weighted by Crippen LogP contribution is -2.15. The zero-order valence-electron chi connectivity index (χ0n) is 7.63. The van der Waals surface area contributed by atoms with Gasteiger partial charge >= 0.3 is 12.0 Å². The maximum Gasteiger partial charge on any atom is 0.420 e. The van der Waals surface area contributed by atoms with Gasteiger partial charge in [-0.1, -0.05) is 0 Å². The Kier molecular flexibility index (Phi) is 3.25. The third-order valence-electron chi connectivity index (χ3n) is 1.72. The quantitative estimate of drug-likeness (QED) is 0.466. The number of hydrogen-bond acceptors (Lipinski definition) is 3. The van der Waals surface area contributed by atoms with Gasteiger partial charge in [0.25, 0.3) is 6.43 Å². The maximum absolute atomic E-state index is 13.1. The third kappa shape index (κ3) is 2.45. The zero-order valence-corrected chi connectivity index (χ0v) is 7.63. The predicted molar refractivity (Wildman–Crippen MR) is 40.8 cm³/mol. The first kappa shape index (κ1) is 13.2. The van der Waals surface area contributed by atoms with E-state index in [9.17, 15) is 36.5 Å². The fourth-order valence-corrected chi connectivity index (χ4v) is 1.07. The standard InChI is InChI=1S/C7H2F6N2O2/c8-4-3(7(11,12)13)2(5(9)10)1-14-6(4)15(16)17/h1,5H. The largest absolute Gasteiger partial charge is 0.420 e. The Morgan fingerprint density at radius 1 is 1.35 bits per heavy atom. The summed E-state index contributed by atoms with van der Waals surface area (Å²) in [4.78, 5) is 11.2. The van der Waals surface area contributed by atoms with Crippen LogP contribution in [0.3, 0.4) is 0 Å². The molecule has 1 aromatic rings. The molecule has 0 unspecified atom stereocenters. The summed E-state index contributed by atoms with van der Waals surface area (Å²) in [7, 11) is 0. The van der Waals surface area contributed by atoms with Crippen LogP contribution >= 0.6 is 0 Å². The number of rotatable bonds is 2. The van der Waals surface area contributed by atoms with Crippen LogP contribution in [0.4, 0.5) is 32.2 Å². The molecule has 0 fully saturated rings. The highest BCUT2D eigenvalue weighted by Gasteiger charge is 2.43. The van der Waals surface area contributed by atoms with E-state index in [0.29, 0.717) is 0 Å². The number of halogens is 6. The van der Waals surface area contributed by atoms with Gasteiger partial charge in [0.2, 0.25) is 5.82 Å². The second-order valence-electron chi connectivity index (χ2n) is 2.78. The Balaban J connectivity index is 3.59. The van der Waals surface area contributed by atoms with Crippen molar-refractivity contribution in [2.45, 2.75) is 12.6 Å². The van der Waals surface area contributed by atoms with Crippen LogP contribution in [0, 0.1) is 15.9 Å². The van der Waals surface area contributed by atoms with Gasteiger partial charge in [-0.3, -0.25) is 0 Å². The molecule has 1 rings (SSSR count). The van der Waals surface area contributed by atoms with E-state index in [2.05, 4.69) is 4.98 Å². The molecule has 0 aliphatic carbocycles. The highest BCUT2D eigenvalue weighted by atomic mass is 19.4. The smallest absolute Gasteiger partial charge is 0.358 e. The molecule has 0 aliphatic rings. The molecule has 1 aromatic heterocycles. The second-order valence-corrected chi connectivity index (χ2v) is 2.78. The molecule has 0 aliphatic heterocycles. The van der Waals surface area contributed by atoms with Gasteiger partial charge in [0.1, 0.15) is 11.8 Å². The molecule has 0 bridgehead atoms. The number of nitro groups is 1. The van der Waals surface area contributed by atoms with Crippen LogP contribution in [0.5, 0.6) is 0 Å². The summed E-state index contributed by atoms with van der Waals surface area (Å²) >= 11 is 0. The highest BCUT2D eigenvalue weighted by molar-refractivity contribution is 5.37. The third-order valence-corrected chi connectivity index (χ3v) is 1.72. The fraction of sp³-hybridized carbons (Fsp3) is 0.286. The molecule has 17 heavy (non-hydrogen) atoms. The van der Waals surface area contributed by atoms with E-state index in [1.807, 2.05) is 0 Å². The average molecular weight is 260 g/mol. The van der Waals surface area contributed by atoms with Gasteiger partial charge in [0, 0.05) is 0 Å². The van der Waals surface area contributed by atoms with E-state index in [1.165, 1.54) is 0 Å². The molecule has 1 heterocycles. The van der Waals surface area contributed by atoms with Crippen molar-refractivity contribution in [1.29, 1.82) is 0 Å². The summed E-state index contributed by atoms with van der Waals surface area (Å²) in [6.45, 7) is 0. The predicted octanol–water partition coefficient (Wildman–Crippen LogP) is 3.09. The van der Waals surface area contributed by atoms with Crippen molar-refractivity contribution in [3.8, 4) is 0 Å². The summed E-state index contributed by atoms with van der Waals surface area (Å²) in [6, 6.07) is 0.